The van der Waals surface area contributed by atoms with Crippen LogP contribution in [-0.2, 0) is 0 Å². The Morgan fingerprint density at radius 3 is 2.73 bits per heavy atom. The summed E-state index contributed by atoms with van der Waals surface area (Å²) in [6, 6.07) is 8.18. The van der Waals surface area contributed by atoms with Crippen molar-refractivity contribution in [2.24, 2.45) is 11.8 Å². The molecule has 0 bridgehead atoms. The molecule has 0 spiro atoms. The topological polar surface area (TPSA) is 45.2 Å². The van der Waals surface area contributed by atoms with Gasteiger partial charge in [-0.15, -0.1) is 11.3 Å². The molecule has 2 atom stereocenters. The minimum absolute atomic E-state index is 0.0884. The summed E-state index contributed by atoms with van der Waals surface area (Å²) in [6.45, 7) is 5.90. The maximum absolute atomic E-state index is 12.7. The Hall–Kier alpha value is -1.72. The van der Waals surface area contributed by atoms with E-state index in [9.17, 15) is 4.79 Å². The predicted octanol–water partition coefficient (Wildman–Crippen LogP) is 2.41. The number of nitrogens with zero attached hydrogens (tertiary/aromatic N) is 2. The Balaban J connectivity index is 1.54. The number of likely N-dealkylation sites (tertiary alicyclic amines) is 1. The lowest BCUT2D eigenvalue weighted by Crippen LogP contribution is -2.32. The van der Waals surface area contributed by atoms with E-state index >= 15 is 0 Å². The Morgan fingerprint density at radius 2 is 2.00 bits per heavy atom. The molecular weight excluding hydrogens is 294 g/mol. The van der Waals surface area contributed by atoms with E-state index in [-0.39, 0.29) is 5.91 Å². The SMILES string of the molecule is Cc1ccccc1-c1nc(C(=O)N2C[C@H]3CNC[C@H]3C2)cs1. The number of hydrogen-bond acceptors (Lipinski definition) is 4. The minimum atomic E-state index is 0.0884. The van der Waals surface area contributed by atoms with Gasteiger partial charge in [-0.2, -0.15) is 0 Å². The van der Waals surface area contributed by atoms with Crippen LogP contribution >= 0.6 is 11.3 Å². The fraction of sp³-hybridized carbons (Fsp3) is 0.412. The van der Waals surface area contributed by atoms with Crippen LogP contribution in [0.4, 0.5) is 0 Å². The number of nitrogens with one attached hydrogen (secondary N) is 1. The zero-order chi connectivity index (χ0) is 15.1. The van der Waals surface area contributed by atoms with Crippen LogP contribution in [0.15, 0.2) is 29.6 Å². The summed E-state index contributed by atoms with van der Waals surface area (Å²) in [5.41, 5.74) is 2.91. The lowest BCUT2D eigenvalue weighted by Gasteiger charge is -2.15. The van der Waals surface area contributed by atoms with Gasteiger partial charge in [0.05, 0.1) is 0 Å². The molecule has 4 rings (SSSR count). The Bertz CT molecular complexity index is 699. The maximum atomic E-state index is 12.7. The predicted molar refractivity (Wildman–Crippen MR) is 88.0 cm³/mol. The first-order valence-electron chi connectivity index (χ1n) is 7.74. The van der Waals surface area contributed by atoms with E-state index in [2.05, 4.69) is 29.4 Å². The van der Waals surface area contributed by atoms with Crippen LogP contribution in [0.3, 0.4) is 0 Å². The summed E-state index contributed by atoms with van der Waals surface area (Å²) in [5, 5.41) is 6.24. The summed E-state index contributed by atoms with van der Waals surface area (Å²) in [4.78, 5) is 19.2. The van der Waals surface area contributed by atoms with Crippen molar-refractivity contribution in [3.63, 3.8) is 0 Å². The Kier molecular flexibility index (Phi) is 3.47. The average molecular weight is 313 g/mol. The molecule has 5 heteroatoms. The van der Waals surface area contributed by atoms with E-state index in [4.69, 9.17) is 0 Å². The van der Waals surface area contributed by atoms with E-state index in [0.29, 0.717) is 17.5 Å². The molecule has 2 aliphatic rings. The first-order valence-corrected chi connectivity index (χ1v) is 8.62. The number of thiazole rings is 1. The van der Waals surface area contributed by atoms with Gasteiger partial charge in [-0.1, -0.05) is 24.3 Å². The monoisotopic (exact) mass is 313 g/mol. The van der Waals surface area contributed by atoms with Crippen LogP contribution in [-0.4, -0.2) is 42.0 Å². The number of rotatable bonds is 2. The highest BCUT2D eigenvalue weighted by Gasteiger charge is 2.38. The molecule has 1 aromatic carbocycles. The third kappa shape index (κ3) is 2.34. The first-order chi connectivity index (χ1) is 10.7. The van der Waals surface area contributed by atoms with E-state index in [1.807, 2.05) is 22.4 Å². The van der Waals surface area contributed by atoms with Crippen molar-refractivity contribution in [3.8, 4) is 10.6 Å². The second kappa shape index (κ2) is 5.48. The molecule has 0 aliphatic carbocycles. The highest BCUT2D eigenvalue weighted by atomic mass is 32.1. The number of carbonyl (C=O) groups is 1. The molecule has 2 saturated heterocycles. The maximum Gasteiger partial charge on any atom is 0.273 e. The van der Waals surface area contributed by atoms with E-state index in [1.165, 1.54) is 5.56 Å². The smallest absolute Gasteiger partial charge is 0.273 e. The Labute approximate surface area is 134 Å². The quantitative estimate of drug-likeness (QED) is 0.926. The van der Waals surface area contributed by atoms with Crippen LogP contribution in [0.1, 0.15) is 16.1 Å². The largest absolute Gasteiger partial charge is 0.337 e. The van der Waals surface area contributed by atoms with Crippen LogP contribution in [0.5, 0.6) is 0 Å². The van der Waals surface area contributed by atoms with Gasteiger partial charge in [0, 0.05) is 37.1 Å². The van der Waals surface area contributed by atoms with Crippen molar-refractivity contribution in [1.82, 2.24) is 15.2 Å². The average Bonchev–Trinajstić information content (AvgIpc) is 3.22. The van der Waals surface area contributed by atoms with Crippen LogP contribution < -0.4 is 5.32 Å². The van der Waals surface area contributed by atoms with Gasteiger partial charge in [-0.3, -0.25) is 4.79 Å². The molecule has 0 saturated carbocycles. The second-order valence-electron chi connectivity index (χ2n) is 6.24. The fourth-order valence-electron chi connectivity index (χ4n) is 3.49. The van der Waals surface area contributed by atoms with Crippen molar-refractivity contribution in [2.75, 3.05) is 26.2 Å². The number of benzene rings is 1. The van der Waals surface area contributed by atoms with Crippen molar-refractivity contribution < 1.29 is 4.79 Å². The number of carbonyl (C=O) groups excluding carboxylic acids is 1. The number of fused-ring (bicyclic) bond motifs is 1. The summed E-state index contributed by atoms with van der Waals surface area (Å²) in [6.07, 6.45) is 0. The molecule has 0 radical (unpaired) electrons. The molecule has 2 aliphatic heterocycles. The zero-order valence-corrected chi connectivity index (χ0v) is 13.4. The van der Waals surface area contributed by atoms with Gasteiger partial charge in [0.15, 0.2) is 0 Å². The highest BCUT2D eigenvalue weighted by Crippen LogP contribution is 2.30. The molecule has 3 heterocycles. The minimum Gasteiger partial charge on any atom is -0.337 e. The number of hydrogen-bond donors (Lipinski definition) is 1. The van der Waals surface area contributed by atoms with Crippen LogP contribution in [0.2, 0.25) is 0 Å². The highest BCUT2D eigenvalue weighted by molar-refractivity contribution is 7.13. The van der Waals surface area contributed by atoms with E-state index < -0.39 is 0 Å². The van der Waals surface area contributed by atoms with Gasteiger partial charge < -0.3 is 10.2 Å². The van der Waals surface area contributed by atoms with E-state index in [1.54, 1.807) is 11.3 Å². The van der Waals surface area contributed by atoms with E-state index in [0.717, 1.165) is 36.8 Å². The molecule has 1 N–H and O–H groups in total. The summed E-state index contributed by atoms with van der Waals surface area (Å²) < 4.78 is 0. The fourth-order valence-corrected chi connectivity index (χ4v) is 4.38. The molecule has 2 aromatic rings. The lowest BCUT2D eigenvalue weighted by atomic mass is 10.0. The first kappa shape index (κ1) is 13.9. The molecule has 2 fully saturated rings. The summed E-state index contributed by atoms with van der Waals surface area (Å²) in [5.74, 6) is 1.34. The van der Waals surface area contributed by atoms with Crippen molar-refractivity contribution in [3.05, 3.63) is 40.9 Å². The van der Waals surface area contributed by atoms with Gasteiger partial charge in [-0.05, 0) is 24.3 Å². The van der Waals surface area contributed by atoms with Crippen LogP contribution in [0, 0.1) is 18.8 Å². The number of aromatic nitrogens is 1. The molecular formula is C17H19N3OS. The summed E-state index contributed by atoms with van der Waals surface area (Å²) >= 11 is 1.55. The van der Waals surface area contributed by atoms with Gasteiger partial charge >= 0.3 is 0 Å². The molecule has 114 valence electrons. The van der Waals surface area contributed by atoms with Gasteiger partial charge in [0.2, 0.25) is 0 Å². The molecule has 4 nitrogen and oxygen atoms in total. The van der Waals surface area contributed by atoms with Gasteiger partial charge in [0.25, 0.3) is 5.91 Å². The molecule has 1 aromatic heterocycles. The second-order valence-corrected chi connectivity index (χ2v) is 7.10. The molecule has 1 amide bonds. The number of amides is 1. The van der Waals surface area contributed by atoms with Crippen molar-refractivity contribution in [2.45, 2.75) is 6.92 Å². The van der Waals surface area contributed by atoms with Crippen LogP contribution in [0.25, 0.3) is 10.6 Å². The third-order valence-corrected chi connectivity index (χ3v) is 5.65. The molecule has 0 unspecified atom stereocenters. The summed E-state index contributed by atoms with van der Waals surface area (Å²) in [7, 11) is 0. The normalized spacial score (nSPS) is 23.8. The third-order valence-electron chi connectivity index (χ3n) is 4.78. The standard InChI is InChI=1S/C17H19N3OS/c1-11-4-2-3-5-14(11)16-19-15(10-22-16)17(21)20-8-12-6-18-7-13(12)9-20/h2-5,10,12-13,18H,6-9H2,1H3/t12-,13+. The van der Waals surface area contributed by atoms with Crippen molar-refractivity contribution in [1.29, 1.82) is 0 Å². The zero-order valence-electron chi connectivity index (χ0n) is 12.6. The molecule has 22 heavy (non-hydrogen) atoms. The van der Waals surface area contributed by atoms with Gasteiger partial charge in [-0.25, -0.2) is 4.98 Å². The number of aryl methyl sites for hydroxylation is 1. The Morgan fingerprint density at radius 1 is 1.27 bits per heavy atom. The van der Waals surface area contributed by atoms with Crippen molar-refractivity contribution >= 4 is 17.2 Å². The van der Waals surface area contributed by atoms with Gasteiger partial charge in [0.1, 0.15) is 10.7 Å². The lowest BCUT2D eigenvalue weighted by molar-refractivity contribution is 0.0777.